The highest BCUT2D eigenvalue weighted by molar-refractivity contribution is 8.00. The van der Waals surface area contributed by atoms with Crippen LogP contribution in [-0.4, -0.2) is 27.4 Å². The Hall–Kier alpha value is -2.25. The molecule has 1 aliphatic rings. The fourth-order valence-electron chi connectivity index (χ4n) is 3.50. The van der Waals surface area contributed by atoms with Gasteiger partial charge in [-0.3, -0.25) is 9.59 Å². The molecule has 0 saturated heterocycles. The van der Waals surface area contributed by atoms with E-state index in [4.69, 9.17) is 0 Å². The number of aryl methyl sites for hydroxylation is 1. The van der Waals surface area contributed by atoms with Gasteiger partial charge in [0.1, 0.15) is 16.2 Å². The molecule has 1 aromatic carbocycles. The Labute approximate surface area is 172 Å². The van der Waals surface area contributed by atoms with Crippen LogP contribution in [0.4, 0.5) is 5.69 Å². The minimum Gasteiger partial charge on any atom is -0.325 e. The van der Waals surface area contributed by atoms with E-state index in [0.29, 0.717) is 17.2 Å². The minimum absolute atomic E-state index is 0.0228. The number of thiophene rings is 1. The molecule has 4 rings (SSSR count). The van der Waals surface area contributed by atoms with Gasteiger partial charge in [0.15, 0.2) is 5.78 Å². The Morgan fingerprint density at radius 3 is 3.00 bits per heavy atom. The lowest BCUT2D eigenvalue weighted by molar-refractivity contribution is -0.113. The number of hydrogen-bond acceptors (Lipinski definition) is 6. The van der Waals surface area contributed by atoms with Gasteiger partial charge in [0, 0.05) is 21.5 Å². The van der Waals surface area contributed by atoms with Crippen LogP contribution >= 0.6 is 23.1 Å². The molecule has 0 radical (unpaired) electrons. The van der Waals surface area contributed by atoms with Gasteiger partial charge < -0.3 is 5.32 Å². The Morgan fingerprint density at radius 1 is 1.32 bits per heavy atom. The lowest BCUT2D eigenvalue weighted by atomic mass is 9.89. The first kappa shape index (κ1) is 19.1. The number of Topliss-reactive ketones (excluding diaryl/α,β-unsaturated/α-hetero) is 1. The van der Waals surface area contributed by atoms with E-state index in [0.717, 1.165) is 28.1 Å². The normalized spacial score (nSPS) is 16.0. The van der Waals surface area contributed by atoms with E-state index in [1.165, 1.54) is 35.5 Å². The van der Waals surface area contributed by atoms with Gasteiger partial charge in [-0.15, -0.1) is 11.3 Å². The summed E-state index contributed by atoms with van der Waals surface area (Å²) in [4.78, 5) is 35.3. The number of hydrogen-bond donors (Lipinski definition) is 1. The van der Waals surface area contributed by atoms with E-state index in [2.05, 4.69) is 22.2 Å². The molecule has 7 heteroatoms. The molecule has 2 heterocycles. The summed E-state index contributed by atoms with van der Waals surface area (Å²) in [5.41, 5.74) is 2.59. The van der Waals surface area contributed by atoms with Crippen LogP contribution in [0.15, 0.2) is 35.6 Å². The lowest BCUT2D eigenvalue weighted by Crippen LogP contribution is -2.14. The molecule has 3 aromatic rings. The number of nitrogens with zero attached hydrogens (tertiary/aromatic N) is 2. The van der Waals surface area contributed by atoms with Crippen LogP contribution in [0.5, 0.6) is 0 Å². The molecule has 1 amide bonds. The monoisotopic (exact) mass is 411 g/mol. The molecule has 0 fully saturated rings. The van der Waals surface area contributed by atoms with Crippen molar-refractivity contribution in [2.45, 2.75) is 38.1 Å². The second kappa shape index (κ2) is 8.01. The van der Waals surface area contributed by atoms with Gasteiger partial charge in [-0.2, -0.15) is 0 Å². The van der Waals surface area contributed by atoms with E-state index in [9.17, 15) is 9.59 Å². The Bertz CT molecular complexity index is 1060. The smallest absolute Gasteiger partial charge is 0.234 e. The fraction of sp³-hybridized carbons (Fsp3) is 0.333. The quantitative estimate of drug-likeness (QED) is 0.373. The molecule has 0 unspecified atom stereocenters. The van der Waals surface area contributed by atoms with Crippen LogP contribution in [0.2, 0.25) is 0 Å². The summed E-state index contributed by atoms with van der Waals surface area (Å²) in [7, 11) is 0. The van der Waals surface area contributed by atoms with Gasteiger partial charge in [-0.05, 0) is 49.8 Å². The average molecular weight is 412 g/mol. The summed E-state index contributed by atoms with van der Waals surface area (Å²) in [6, 6.07) is 7.00. The molecule has 144 valence electrons. The zero-order chi connectivity index (χ0) is 19.7. The third kappa shape index (κ3) is 3.95. The Balaban J connectivity index is 1.49. The van der Waals surface area contributed by atoms with Gasteiger partial charge in [-0.25, -0.2) is 9.97 Å². The van der Waals surface area contributed by atoms with E-state index >= 15 is 0 Å². The standard InChI is InChI=1S/C21H21N3O2S2/c1-12-6-7-16-17(8-12)28-21-19(16)20(22-11-23-21)27-10-18(26)24-15-5-3-4-14(9-15)13(2)25/h3-5,9,11-12H,6-8,10H2,1-2H3,(H,24,26)/t12-/m1/s1. The van der Waals surface area contributed by atoms with Crippen LogP contribution in [0.3, 0.4) is 0 Å². The van der Waals surface area contributed by atoms with Gasteiger partial charge in [0.05, 0.1) is 5.75 Å². The molecule has 1 atom stereocenters. The molecular weight excluding hydrogens is 390 g/mol. The van der Waals surface area contributed by atoms with E-state index in [1.54, 1.807) is 41.9 Å². The maximum absolute atomic E-state index is 12.4. The highest BCUT2D eigenvalue weighted by Crippen LogP contribution is 2.40. The van der Waals surface area contributed by atoms with Gasteiger partial charge >= 0.3 is 0 Å². The van der Waals surface area contributed by atoms with Crippen molar-refractivity contribution in [2.24, 2.45) is 5.92 Å². The van der Waals surface area contributed by atoms with Crippen LogP contribution in [0.25, 0.3) is 10.2 Å². The predicted octanol–water partition coefficient (Wildman–Crippen LogP) is 4.75. The second-order valence-corrected chi connectivity index (χ2v) is 9.23. The van der Waals surface area contributed by atoms with Crippen LogP contribution in [0.1, 0.15) is 41.1 Å². The second-order valence-electron chi connectivity index (χ2n) is 7.18. The Kier molecular flexibility index (Phi) is 5.46. The minimum atomic E-state index is -0.116. The average Bonchev–Trinajstić information content (AvgIpc) is 3.04. The molecule has 0 bridgehead atoms. The summed E-state index contributed by atoms with van der Waals surface area (Å²) >= 11 is 3.20. The van der Waals surface area contributed by atoms with E-state index < -0.39 is 0 Å². The topological polar surface area (TPSA) is 72.0 Å². The Morgan fingerprint density at radius 2 is 2.18 bits per heavy atom. The van der Waals surface area contributed by atoms with Crippen molar-refractivity contribution in [3.63, 3.8) is 0 Å². The SMILES string of the molecule is CC(=O)c1cccc(NC(=O)CSc2ncnc3sc4c(c23)CC[C@@H](C)C4)c1. The third-order valence-electron chi connectivity index (χ3n) is 4.95. The first-order chi connectivity index (χ1) is 13.5. The molecule has 28 heavy (non-hydrogen) atoms. The van der Waals surface area contributed by atoms with Gasteiger partial charge in [0.25, 0.3) is 0 Å². The summed E-state index contributed by atoms with van der Waals surface area (Å²) < 4.78 is 0. The molecule has 1 N–H and O–H groups in total. The molecule has 0 spiro atoms. The molecule has 2 aromatic heterocycles. The molecule has 5 nitrogen and oxygen atoms in total. The van der Waals surface area contributed by atoms with Crippen LogP contribution in [-0.2, 0) is 17.6 Å². The third-order valence-corrected chi connectivity index (χ3v) is 7.10. The summed E-state index contributed by atoms with van der Waals surface area (Å²) in [6.45, 7) is 3.81. The number of aromatic nitrogens is 2. The number of thioether (sulfide) groups is 1. The summed E-state index contributed by atoms with van der Waals surface area (Å²) in [5.74, 6) is 0.832. The number of nitrogens with one attached hydrogen (secondary N) is 1. The molecule has 0 aliphatic heterocycles. The number of fused-ring (bicyclic) bond motifs is 3. The zero-order valence-electron chi connectivity index (χ0n) is 15.8. The maximum Gasteiger partial charge on any atom is 0.234 e. The number of ketones is 1. The van der Waals surface area contributed by atoms with E-state index in [-0.39, 0.29) is 17.4 Å². The van der Waals surface area contributed by atoms with Crippen LogP contribution in [0, 0.1) is 5.92 Å². The van der Waals surface area contributed by atoms with Crippen molar-refractivity contribution < 1.29 is 9.59 Å². The number of anilines is 1. The molecule has 0 saturated carbocycles. The van der Waals surface area contributed by atoms with Crippen molar-refractivity contribution in [1.82, 2.24) is 9.97 Å². The van der Waals surface area contributed by atoms with Crippen molar-refractivity contribution >= 4 is 50.7 Å². The highest BCUT2D eigenvalue weighted by atomic mass is 32.2. The predicted molar refractivity (Wildman–Crippen MR) is 114 cm³/mol. The van der Waals surface area contributed by atoms with Crippen LogP contribution < -0.4 is 5.32 Å². The van der Waals surface area contributed by atoms with Crippen molar-refractivity contribution in [3.05, 3.63) is 46.6 Å². The number of rotatable bonds is 5. The molecular formula is C21H21N3O2S2. The fourth-order valence-corrected chi connectivity index (χ4v) is 5.74. The van der Waals surface area contributed by atoms with Crippen molar-refractivity contribution in [1.29, 1.82) is 0 Å². The molecule has 1 aliphatic carbocycles. The summed E-state index contributed by atoms with van der Waals surface area (Å²) in [5, 5.41) is 4.87. The number of carbonyl (C=O) groups is 2. The first-order valence-electron chi connectivity index (χ1n) is 9.30. The first-order valence-corrected chi connectivity index (χ1v) is 11.1. The largest absolute Gasteiger partial charge is 0.325 e. The number of carbonyl (C=O) groups excluding carboxylic acids is 2. The zero-order valence-corrected chi connectivity index (χ0v) is 17.5. The number of amides is 1. The van der Waals surface area contributed by atoms with Crippen molar-refractivity contribution in [2.75, 3.05) is 11.1 Å². The van der Waals surface area contributed by atoms with Gasteiger partial charge in [0.2, 0.25) is 5.91 Å². The number of benzene rings is 1. The summed E-state index contributed by atoms with van der Waals surface area (Å²) in [6.07, 6.45) is 4.93. The van der Waals surface area contributed by atoms with E-state index in [1.807, 2.05) is 0 Å². The van der Waals surface area contributed by atoms with Gasteiger partial charge in [-0.1, -0.05) is 30.8 Å². The maximum atomic E-state index is 12.4. The lowest BCUT2D eigenvalue weighted by Gasteiger charge is -2.18. The van der Waals surface area contributed by atoms with Crippen molar-refractivity contribution in [3.8, 4) is 0 Å². The highest BCUT2D eigenvalue weighted by Gasteiger charge is 2.23.